The number of nitrogens with zero attached hydrogens (tertiary/aromatic N) is 4. The van der Waals surface area contributed by atoms with Crippen molar-refractivity contribution in [2.45, 2.75) is 18.9 Å². The maximum atomic E-state index is 5.79. The van der Waals surface area contributed by atoms with E-state index in [1.54, 1.807) is 6.33 Å². The second kappa shape index (κ2) is 3.06. The highest BCUT2D eigenvalue weighted by molar-refractivity contribution is 6.28. The Kier molecular flexibility index (Phi) is 1.82. The van der Waals surface area contributed by atoms with Crippen LogP contribution >= 0.6 is 11.6 Å². The monoisotopic (exact) mass is 224 g/mol. The molecule has 3 rings (SSSR count). The van der Waals surface area contributed by atoms with Crippen molar-refractivity contribution in [2.75, 3.05) is 0 Å². The number of halogens is 1. The summed E-state index contributed by atoms with van der Waals surface area (Å²) < 4.78 is 7.50. The zero-order valence-corrected chi connectivity index (χ0v) is 8.90. The summed E-state index contributed by atoms with van der Waals surface area (Å²) in [5, 5.41) is 0.178. The number of hydrogen-bond acceptors (Lipinski definition) is 4. The second-order valence-corrected chi connectivity index (χ2v) is 3.98. The minimum atomic E-state index is 0.178. The fourth-order valence-corrected chi connectivity index (χ4v) is 1.58. The van der Waals surface area contributed by atoms with Gasteiger partial charge in [-0.15, -0.1) is 0 Å². The van der Waals surface area contributed by atoms with Gasteiger partial charge in [0.15, 0.2) is 11.2 Å². The maximum absolute atomic E-state index is 5.79. The van der Waals surface area contributed by atoms with Crippen LogP contribution in [0.15, 0.2) is 6.33 Å². The minimum absolute atomic E-state index is 0.178. The summed E-state index contributed by atoms with van der Waals surface area (Å²) in [6, 6.07) is 0. The molecule has 0 radical (unpaired) electrons. The molecule has 0 amide bonds. The van der Waals surface area contributed by atoms with E-state index in [9.17, 15) is 0 Å². The summed E-state index contributed by atoms with van der Waals surface area (Å²) in [6.45, 7) is 0. The molecule has 5 nitrogen and oxygen atoms in total. The zero-order chi connectivity index (χ0) is 10.4. The SMILES string of the molecule is Cn1cnc2nc(Cl)nc(OC3CC3)c21. The van der Waals surface area contributed by atoms with Crippen LogP contribution in [0.1, 0.15) is 12.8 Å². The van der Waals surface area contributed by atoms with Crippen molar-refractivity contribution in [3.8, 4) is 5.88 Å². The molecule has 2 heterocycles. The third kappa shape index (κ3) is 1.52. The van der Waals surface area contributed by atoms with Gasteiger partial charge in [-0.05, 0) is 24.4 Å². The van der Waals surface area contributed by atoms with E-state index in [0.717, 1.165) is 18.4 Å². The lowest BCUT2D eigenvalue weighted by atomic mass is 10.5. The predicted molar refractivity (Wildman–Crippen MR) is 55.0 cm³/mol. The Bertz CT molecular complexity index is 520. The molecule has 78 valence electrons. The molecule has 1 aliphatic rings. The van der Waals surface area contributed by atoms with Crippen LogP contribution in [0, 0.1) is 0 Å². The maximum Gasteiger partial charge on any atom is 0.245 e. The van der Waals surface area contributed by atoms with Gasteiger partial charge in [0.1, 0.15) is 6.10 Å². The first-order valence-corrected chi connectivity index (χ1v) is 5.13. The zero-order valence-electron chi connectivity index (χ0n) is 8.14. The lowest BCUT2D eigenvalue weighted by molar-refractivity contribution is 0.293. The Morgan fingerprint density at radius 1 is 1.47 bits per heavy atom. The number of aryl methyl sites for hydroxylation is 1. The van der Waals surface area contributed by atoms with Gasteiger partial charge in [-0.2, -0.15) is 9.97 Å². The molecule has 0 aliphatic heterocycles. The summed E-state index contributed by atoms with van der Waals surface area (Å²) in [4.78, 5) is 12.2. The van der Waals surface area contributed by atoms with Crippen molar-refractivity contribution < 1.29 is 4.74 Å². The first kappa shape index (κ1) is 8.91. The quantitative estimate of drug-likeness (QED) is 0.727. The summed E-state index contributed by atoms with van der Waals surface area (Å²) in [5.41, 5.74) is 1.37. The third-order valence-corrected chi connectivity index (χ3v) is 2.48. The van der Waals surface area contributed by atoms with Crippen molar-refractivity contribution in [3.05, 3.63) is 11.6 Å². The number of imidazole rings is 1. The van der Waals surface area contributed by atoms with Gasteiger partial charge < -0.3 is 9.30 Å². The van der Waals surface area contributed by atoms with E-state index in [1.807, 2.05) is 11.6 Å². The first-order valence-electron chi connectivity index (χ1n) is 4.75. The van der Waals surface area contributed by atoms with Crippen LogP contribution in [0.25, 0.3) is 11.2 Å². The molecule has 6 heteroatoms. The molecular weight excluding hydrogens is 216 g/mol. The Labute approximate surface area is 91.1 Å². The minimum Gasteiger partial charge on any atom is -0.473 e. The average molecular weight is 225 g/mol. The smallest absolute Gasteiger partial charge is 0.245 e. The van der Waals surface area contributed by atoms with Gasteiger partial charge >= 0.3 is 0 Å². The van der Waals surface area contributed by atoms with Crippen molar-refractivity contribution in [1.29, 1.82) is 0 Å². The van der Waals surface area contributed by atoms with E-state index in [4.69, 9.17) is 16.3 Å². The lowest BCUT2D eigenvalue weighted by Gasteiger charge is -2.05. The van der Waals surface area contributed by atoms with Crippen LogP contribution in [-0.2, 0) is 7.05 Å². The van der Waals surface area contributed by atoms with Crippen LogP contribution in [0.4, 0.5) is 0 Å². The highest BCUT2D eigenvalue weighted by Crippen LogP contribution is 2.30. The van der Waals surface area contributed by atoms with E-state index in [-0.39, 0.29) is 11.4 Å². The number of fused-ring (bicyclic) bond motifs is 1. The molecule has 0 atom stereocenters. The van der Waals surface area contributed by atoms with Crippen LogP contribution in [0.5, 0.6) is 5.88 Å². The average Bonchev–Trinajstić information content (AvgIpc) is 2.91. The molecule has 0 unspecified atom stereocenters. The van der Waals surface area contributed by atoms with Gasteiger partial charge in [0, 0.05) is 7.05 Å². The predicted octanol–water partition coefficient (Wildman–Crippen LogP) is 1.56. The molecule has 0 bridgehead atoms. The molecule has 0 spiro atoms. The molecule has 0 aromatic carbocycles. The number of hydrogen-bond donors (Lipinski definition) is 0. The van der Waals surface area contributed by atoms with Gasteiger partial charge in [-0.25, -0.2) is 4.98 Å². The molecule has 2 aromatic heterocycles. The number of aromatic nitrogens is 4. The van der Waals surface area contributed by atoms with Crippen LogP contribution in [0.3, 0.4) is 0 Å². The van der Waals surface area contributed by atoms with Crippen molar-refractivity contribution in [1.82, 2.24) is 19.5 Å². The molecule has 1 saturated carbocycles. The topological polar surface area (TPSA) is 52.8 Å². The molecular formula is C9H9ClN4O. The van der Waals surface area contributed by atoms with Crippen LogP contribution in [0.2, 0.25) is 5.28 Å². The Hall–Kier alpha value is -1.36. The highest BCUT2D eigenvalue weighted by Gasteiger charge is 2.26. The van der Waals surface area contributed by atoms with Crippen LogP contribution in [-0.4, -0.2) is 25.6 Å². The Morgan fingerprint density at radius 2 is 2.27 bits per heavy atom. The van der Waals surface area contributed by atoms with E-state index in [0.29, 0.717) is 11.5 Å². The lowest BCUT2D eigenvalue weighted by Crippen LogP contribution is -2.02. The van der Waals surface area contributed by atoms with Gasteiger partial charge in [0.2, 0.25) is 11.2 Å². The van der Waals surface area contributed by atoms with Crippen LogP contribution < -0.4 is 4.74 Å². The van der Waals surface area contributed by atoms with Crippen molar-refractivity contribution >= 4 is 22.8 Å². The number of rotatable bonds is 2. The van der Waals surface area contributed by atoms with E-state index in [2.05, 4.69) is 15.0 Å². The molecule has 0 saturated heterocycles. The summed E-state index contributed by atoms with van der Waals surface area (Å²) in [6.07, 6.45) is 4.13. The Balaban J connectivity index is 2.18. The van der Waals surface area contributed by atoms with E-state index < -0.39 is 0 Å². The fraction of sp³-hybridized carbons (Fsp3) is 0.444. The molecule has 1 aliphatic carbocycles. The summed E-state index contributed by atoms with van der Waals surface area (Å²) in [7, 11) is 1.88. The Morgan fingerprint density at radius 3 is 3.00 bits per heavy atom. The van der Waals surface area contributed by atoms with Gasteiger partial charge in [0.25, 0.3) is 0 Å². The largest absolute Gasteiger partial charge is 0.473 e. The summed E-state index contributed by atoms with van der Waals surface area (Å²) in [5.74, 6) is 0.535. The van der Waals surface area contributed by atoms with E-state index in [1.165, 1.54) is 0 Å². The standard InChI is InChI=1S/C9H9ClN4O/c1-14-4-11-7-6(14)8(13-9(10)12-7)15-5-2-3-5/h4-5H,2-3H2,1H3. The van der Waals surface area contributed by atoms with Crippen molar-refractivity contribution in [2.24, 2.45) is 7.05 Å². The summed E-state index contributed by atoms with van der Waals surface area (Å²) >= 11 is 5.79. The molecule has 2 aromatic rings. The number of ether oxygens (including phenoxy) is 1. The van der Waals surface area contributed by atoms with E-state index >= 15 is 0 Å². The molecule has 1 fully saturated rings. The third-order valence-electron chi connectivity index (χ3n) is 2.31. The normalized spacial score (nSPS) is 15.9. The van der Waals surface area contributed by atoms with Crippen molar-refractivity contribution in [3.63, 3.8) is 0 Å². The van der Waals surface area contributed by atoms with Gasteiger partial charge in [0.05, 0.1) is 6.33 Å². The van der Waals surface area contributed by atoms with Gasteiger partial charge in [-0.1, -0.05) is 0 Å². The molecule has 15 heavy (non-hydrogen) atoms. The fourth-order valence-electron chi connectivity index (χ4n) is 1.42. The first-order chi connectivity index (χ1) is 7.24. The second-order valence-electron chi connectivity index (χ2n) is 3.64. The molecule has 0 N–H and O–H groups in total. The van der Waals surface area contributed by atoms with Gasteiger partial charge in [-0.3, -0.25) is 0 Å². The highest BCUT2D eigenvalue weighted by atomic mass is 35.5.